The molecule has 2 heterocycles. The molecular formula is C12H15N3O4. The van der Waals surface area contributed by atoms with Gasteiger partial charge in [0.15, 0.2) is 0 Å². The van der Waals surface area contributed by atoms with Crippen LogP contribution in [-0.2, 0) is 11.3 Å². The summed E-state index contributed by atoms with van der Waals surface area (Å²) in [4.78, 5) is 28.1. The number of aliphatic hydroxyl groups excluding tert-OH is 1. The van der Waals surface area contributed by atoms with Crippen molar-refractivity contribution in [3.8, 4) is 0 Å². The molecule has 19 heavy (non-hydrogen) atoms. The van der Waals surface area contributed by atoms with Gasteiger partial charge >= 0.3 is 12.0 Å². The zero-order valence-electron chi connectivity index (χ0n) is 10.2. The highest BCUT2D eigenvalue weighted by Crippen LogP contribution is 2.18. The Morgan fingerprint density at radius 3 is 2.89 bits per heavy atom. The lowest BCUT2D eigenvalue weighted by Gasteiger charge is -2.21. The van der Waals surface area contributed by atoms with E-state index in [9.17, 15) is 14.7 Å². The monoisotopic (exact) mass is 265 g/mol. The van der Waals surface area contributed by atoms with Crippen LogP contribution < -0.4 is 5.32 Å². The van der Waals surface area contributed by atoms with Crippen molar-refractivity contribution in [2.45, 2.75) is 25.1 Å². The molecule has 0 bridgehead atoms. The first-order chi connectivity index (χ1) is 9.08. The van der Waals surface area contributed by atoms with E-state index in [4.69, 9.17) is 5.11 Å². The molecule has 7 nitrogen and oxygen atoms in total. The van der Waals surface area contributed by atoms with Gasteiger partial charge in [-0.25, -0.2) is 9.59 Å². The number of hydrogen-bond acceptors (Lipinski definition) is 4. The number of pyridine rings is 1. The number of aliphatic carboxylic acids is 1. The maximum absolute atomic E-state index is 11.9. The third-order valence-corrected chi connectivity index (χ3v) is 2.97. The van der Waals surface area contributed by atoms with Gasteiger partial charge in [0.2, 0.25) is 0 Å². The van der Waals surface area contributed by atoms with Gasteiger partial charge in [-0.1, -0.05) is 6.07 Å². The molecule has 1 aliphatic rings. The predicted molar refractivity (Wildman–Crippen MR) is 65.2 cm³/mol. The Labute approximate surface area is 109 Å². The van der Waals surface area contributed by atoms with E-state index in [1.807, 2.05) is 0 Å². The minimum absolute atomic E-state index is 0.0328. The van der Waals surface area contributed by atoms with Crippen molar-refractivity contribution in [1.82, 2.24) is 15.2 Å². The number of aromatic nitrogens is 1. The van der Waals surface area contributed by atoms with Crippen molar-refractivity contribution >= 4 is 12.0 Å². The van der Waals surface area contributed by atoms with Gasteiger partial charge in [0.25, 0.3) is 0 Å². The highest BCUT2D eigenvalue weighted by Gasteiger charge is 2.38. The van der Waals surface area contributed by atoms with E-state index < -0.39 is 24.1 Å². The molecule has 0 aliphatic carbocycles. The Kier molecular flexibility index (Phi) is 3.96. The van der Waals surface area contributed by atoms with Crippen LogP contribution in [0.2, 0.25) is 0 Å². The van der Waals surface area contributed by atoms with E-state index in [0.717, 1.165) is 4.90 Å². The van der Waals surface area contributed by atoms with Crippen molar-refractivity contribution in [3.63, 3.8) is 0 Å². The van der Waals surface area contributed by atoms with Crippen LogP contribution in [0, 0.1) is 0 Å². The zero-order valence-corrected chi connectivity index (χ0v) is 10.2. The lowest BCUT2D eigenvalue weighted by atomic mass is 10.2. The first-order valence-corrected chi connectivity index (χ1v) is 5.93. The molecule has 0 aromatic carbocycles. The second-order valence-corrected chi connectivity index (χ2v) is 4.38. The molecule has 7 heteroatoms. The van der Waals surface area contributed by atoms with Crippen molar-refractivity contribution in [2.24, 2.45) is 0 Å². The van der Waals surface area contributed by atoms with Gasteiger partial charge in [-0.2, -0.15) is 0 Å². The van der Waals surface area contributed by atoms with E-state index in [0.29, 0.717) is 5.69 Å². The van der Waals surface area contributed by atoms with E-state index in [-0.39, 0.29) is 19.5 Å². The summed E-state index contributed by atoms with van der Waals surface area (Å²) in [5.74, 6) is -1.11. The summed E-state index contributed by atoms with van der Waals surface area (Å²) in [7, 11) is 0. The Morgan fingerprint density at radius 1 is 1.47 bits per heavy atom. The molecule has 0 saturated carbocycles. The van der Waals surface area contributed by atoms with Gasteiger partial charge < -0.3 is 20.4 Å². The van der Waals surface area contributed by atoms with Gasteiger partial charge in [0.1, 0.15) is 6.04 Å². The number of urea groups is 1. The first kappa shape index (κ1) is 13.3. The number of nitrogens with one attached hydrogen (secondary N) is 1. The average Bonchev–Trinajstić information content (AvgIpc) is 2.79. The summed E-state index contributed by atoms with van der Waals surface area (Å²) in [5, 5.41) is 21.0. The number of carbonyl (C=O) groups is 2. The SMILES string of the molecule is O=C(O)C1CC(O)CN1C(=O)NCc1ccccn1. The van der Waals surface area contributed by atoms with Gasteiger partial charge in [-0.15, -0.1) is 0 Å². The van der Waals surface area contributed by atoms with Crippen LogP contribution in [0.3, 0.4) is 0 Å². The summed E-state index contributed by atoms with van der Waals surface area (Å²) < 4.78 is 0. The Bertz CT molecular complexity index is 465. The number of hydrogen-bond donors (Lipinski definition) is 3. The van der Waals surface area contributed by atoms with Crippen LogP contribution in [0.5, 0.6) is 0 Å². The van der Waals surface area contributed by atoms with Gasteiger partial charge in [-0.3, -0.25) is 4.98 Å². The number of carbonyl (C=O) groups excluding carboxylic acids is 1. The van der Waals surface area contributed by atoms with Gasteiger partial charge in [0, 0.05) is 19.2 Å². The zero-order chi connectivity index (χ0) is 13.8. The van der Waals surface area contributed by atoms with Crippen molar-refractivity contribution in [2.75, 3.05) is 6.54 Å². The number of carboxylic acids is 1. The van der Waals surface area contributed by atoms with Crippen molar-refractivity contribution in [3.05, 3.63) is 30.1 Å². The van der Waals surface area contributed by atoms with Gasteiger partial charge in [0.05, 0.1) is 18.3 Å². The summed E-state index contributed by atoms with van der Waals surface area (Å²) in [6.45, 7) is 0.254. The molecule has 0 radical (unpaired) electrons. The molecule has 2 amide bonds. The normalized spacial score (nSPS) is 22.3. The number of rotatable bonds is 3. The summed E-state index contributed by atoms with van der Waals surface area (Å²) >= 11 is 0. The molecule has 3 N–H and O–H groups in total. The molecule has 1 aromatic heterocycles. The van der Waals surface area contributed by atoms with Crippen LogP contribution in [0.15, 0.2) is 24.4 Å². The molecule has 1 fully saturated rings. The van der Waals surface area contributed by atoms with Gasteiger partial charge in [-0.05, 0) is 12.1 Å². The fraction of sp³-hybridized carbons (Fsp3) is 0.417. The average molecular weight is 265 g/mol. The summed E-state index contributed by atoms with van der Waals surface area (Å²) in [5.41, 5.74) is 0.683. The second-order valence-electron chi connectivity index (χ2n) is 4.38. The third-order valence-electron chi connectivity index (χ3n) is 2.97. The van der Waals surface area contributed by atoms with Crippen molar-refractivity contribution in [1.29, 1.82) is 0 Å². The quantitative estimate of drug-likeness (QED) is 0.703. The third kappa shape index (κ3) is 3.19. The number of amides is 2. The molecule has 2 unspecified atom stereocenters. The molecule has 102 valence electrons. The second kappa shape index (κ2) is 5.66. The summed E-state index contributed by atoms with van der Waals surface area (Å²) in [6.07, 6.45) is 0.884. The minimum Gasteiger partial charge on any atom is -0.480 e. The smallest absolute Gasteiger partial charge is 0.326 e. The lowest BCUT2D eigenvalue weighted by Crippen LogP contribution is -2.46. The Hall–Kier alpha value is -2.15. The van der Waals surface area contributed by atoms with E-state index in [1.54, 1.807) is 24.4 Å². The highest BCUT2D eigenvalue weighted by molar-refractivity contribution is 5.83. The molecule has 2 rings (SSSR count). The molecule has 0 spiro atoms. The van der Waals surface area contributed by atoms with Crippen LogP contribution in [-0.4, -0.2) is 50.8 Å². The van der Waals surface area contributed by atoms with Crippen molar-refractivity contribution < 1.29 is 19.8 Å². The molecule has 1 aromatic rings. The van der Waals surface area contributed by atoms with Crippen LogP contribution in [0.4, 0.5) is 4.79 Å². The number of carboxylic acid groups (broad SMARTS) is 1. The molecule has 1 aliphatic heterocycles. The van der Waals surface area contributed by atoms with E-state index >= 15 is 0 Å². The lowest BCUT2D eigenvalue weighted by molar-refractivity contribution is -0.141. The number of aliphatic hydroxyl groups is 1. The van der Waals surface area contributed by atoms with E-state index in [1.165, 1.54) is 0 Å². The molecular weight excluding hydrogens is 250 g/mol. The fourth-order valence-corrected chi connectivity index (χ4v) is 2.04. The fourth-order valence-electron chi connectivity index (χ4n) is 2.04. The maximum Gasteiger partial charge on any atom is 0.326 e. The van der Waals surface area contributed by atoms with Crippen LogP contribution in [0.1, 0.15) is 12.1 Å². The van der Waals surface area contributed by atoms with Crippen LogP contribution in [0.25, 0.3) is 0 Å². The largest absolute Gasteiger partial charge is 0.480 e. The Balaban J connectivity index is 1.94. The van der Waals surface area contributed by atoms with Crippen LogP contribution >= 0.6 is 0 Å². The topological polar surface area (TPSA) is 103 Å². The highest BCUT2D eigenvalue weighted by atomic mass is 16.4. The summed E-state index contributed by atoms with van der Waals surface area (Å²) in [6, 6.07) is 3.85. The van der Waals surface area contributed by atoms with E-state index in [2.05, 4.69) is 10.3 Å². The first-order valence-electron chi connectivity index (χ1n) is 5.93. The molecule has 2 atom stereocenters. The Morgan fingerprint density at radius 2 is 2.26 bits per heavy atom. The molecule has 1 saturated heterocycles. The predicted octanol–water partition coefficient (Wildman–Crippen LogP) is -0.189. The number of nitrogens with zero attached hydrogens (tertiary/aromatic N) is 2. The standard InChI is InChI=1S/C12H15N3O4/c16-9-5-10(11(17)18)15(7-9)12(19)14-6-8-3-1-2-4-13-8/h1-4,9-10,16H,5-7H2,(H,14,19)(H,17,18). The number of likely N-dealkylation sites (tertiary alicyclic amines) is 1. The maximum atomic E-state index is 11.9. The minimum atomic E-state index is -1.11. The number of β-amino-alcohol motifs (C(OH)–C–C–N with tert-alkyl or cyclic N) is 1.